The van der Waals surface area contributed by atoms with E-state index in [1.165, 1.54) is 23.5 Å². The maximum absolute atomic E-state index is 5.86. The second-order valence-electron chi connectivity index (χ2n) is 4.50. The molecule has 0 radical (unpaired) electrons. The molecule has 15 heavy (non-hydrogen) atoms. The summed E-state index contributed by atoms with van der Waals surface area (Å²) >= 11 is 3.90. The normalized spacial score (nSPS) is 31.7. The molecule has 1 aromatic heterocycles. The van der Waals surface area contributed by atoms with Crippen molar-refractivity contribution in [3.8, 4) is 0 Å². The van der Waals surface area contributed by atoms with Crippen LogP contribution in [-0.4, -0.2) is 11.8 Å². The Bertz CT molecular complexity index is 284. The molecule has 3 atom stereocenters. The van der Waals surface area contributed by atoms with Crippen molar-refractivity contribution >= 4 is 23.1 Å². The molecular weight excluding hydrogens is 222 g/mol. The topological polar surface area (TPSA) is 26.0 Å². The molecule has 1 aliphatic rings. The summed E-state index contributed by atoms with van der Waals surface area (Å²) < 4.78 is 1.45. The van der Waals surface area contributed by atoms with Crippen LogP contribution in [0.2, 0.25) is 0 Å². The molecule has 1 saturated carbocycles. The smallest absolute Gasteiger partial charge is 0.0601 e. The predicted octanol–water partition coefficient (Wildman–Crippen LogP) is 3.60. The van der Waals surface area contributed by atoms with Gasteiger partial charge in [-0.15, -0.1) is 23.1 Å². The summed E-state index contributed by atoms with van der Waals surface area (Å²) in [7, 11) is 0. The molecule has 3 heteroatoms. The Morgan fingerprint density at radius 2 is 2.40 bits per heavy atom. The zero-order valence-corrected chi connectivity index (χ0v) is 10.8. The summed E-state index contributed by atoms with van der Waals surface area (Å²) in [6.45, 7) is 3.23. The number of thiophene rings is 1. The van der Waals surface area contributed by atoms with E-state index < -0.39 is 0 Å². The van der Waals surface area contributed by atoms with E-state index in [9.17, 15) is 0 Å². The average Bonchev–Trinajstić information content (AvgIpc) is 2.71. The van der Waals surface area contributed by atoms with Gasteiger partial charge in [-0.25, -0.2) is 0 Å². The zero-order valence-electron chi connectivity index (χ0n) is 9.19. The van der Waals surface area contributed by atoms with Gasteiger partial charge in [-0.1, -0.05) is 19.4 Å². The molecule has 1 aromatic rings. The predicted molar refractivity (Wildman–Crippen MR) is 69.5 cm³/mol. The molecule has 1 fully saturated rings. The van der Waals surface area contributed by atoms with E-state index in [0.29, 0.717) is 0 Å². The minimum absolute atomic E-state index is 0.730. The largest absolute Gasteiger partial charge is 0.330 e. The van der Waals surface area contributed by atoms with Gasteiger partial charge >= 0.3 is 0 Å². The number of rotatable bonds is 3. The van der Waals surface area contributed by atoms with E-state index in [2.05, 4.69) is 24.4 Å². The van der Waals surface area contributed by atoms with Crippen LogP contribution in [0.5, 0.6) is 0 Å². The lowest BCUT2D eigenvalue weighted by Gasteiger charge is -2.33. The van der Waals surface area contributed by atoms with Gasteiger partial charge in [-0.2, -0.15) is 0 Å². The third kappa shape index (κ3) is 2.99. The lowest BCUT2D eigenvalue weighted by atomic mass is 9.82. The fourth-order valence-electron chi connectivity index (χ4n) is 2.29. The maximum Gasteiger partial charge on any atom is 0.0601 e. The molecule has 1 aliphatic carbocycles. The minimum Gasteiger partial charge on any atom is -0.330 e. The van der Waals surface area contributed by atoms with E-state index in [0.717, 1.165) is 23.6 Å². The first kappa shape index (κ1) is 11.5. The van der Waals surface area contributed by atoms with E-state index >= 15 is 0 Å². The summed E-state index contributed by atoms with van der Waals surface area (Å²) in [6, 6.07) is 4.36. The van der Waals surface area contributed by atoms with Gasteiger partial charge in [0.05, 0.1) is 4.21 Å². The van der Waals surface area contributed by atoms with E-state index in [1.807, 2.05) is 23.1 Å². The second kappa shape index (κ2) is 5.37. The van der Waals surface area contributed by atoms with Gasteiger partial charge in [0.2, 0.25) is 0 Å². The average molecular weight is 241 g/mol. The Hall–Kier alpha value is 0.01000. The van der Waals surface area contributed by atoms with E-state index in [-0.39, 0.29) is 0 Å². The molecule has 1 heterocycles. The van der Waals surface area contributed by atoms with Gasteiger partial charge in [0.15, 0.2) is 0 Å². The van der Waals surface area contributed by atoms with Crippen molar-refractivity contribution in [1.29, 1.82) is 0 Å². The molecule has 0 amide bonds. The molecule has 1 nitrogen and oxygen atoms in total. The fraction of sp³-hybridized carbons (Fsp3) is 0.667. The van der Waals surface area contributed by atoms with Crippen molar-refractivity contribution in [2.45, 2.75) is 35.6 Å². The first-order valence-electron chi connectivity index (χ1n) is 5.70. The molecule has 0 aliphatic heterocycles. The molecule has 0 spiro atoms. The molecule has 2 rings (SSSR count). The van der Waals surface area contributed by atoms with Gasteiger partial charge in [0.1, 0.15) is 0 Å². The quantitative estimate of drug-likeness (QED) is 0.875. The zero-order chi connectivity index (χ0) is 10.7. The lowest BCUT2D eigenvalue weighted by molar-refractivity contribution is 0.306. The van der Waals surface area contributed by atoms with Crippen LogP contribution in [0.1, 0.15) is 26.2 Å². The summed E-state index contributed by atoms with van der Waals surface area (Å²) in [5.74, 6) is 1.61. The maximum atomic E-state index is 5.86. The Balaban J connectivity index is 1.98. The number of thioether (sulfide) groups is 1. The van der Waals surface area contributed by atoms with Crippen molar-refractivity contribution in [1.82, 2.24) is 0 Å². The summed E-state index contributed by atoms with van der Waals surface area (Å²) in [5, 5.41) is 2.91. The standard InChI is InChI=1S/C12H19NS2/c1-9-4-5-10(8-13)11(7-9)15-12-3-2-6-14-12/h2-3,6,9-11H,4-5,7-8,13H2,1H3. The summed E-state index contributed by atoms with van der Waals surface area (Å²) in [4.78, 5) is 0. The van der Waals surface area contributed by atoms with Crippen molar-refractivity contribution in [2.75, 3.05) is 6.54 Å². The molecule has 0 aromatic carbocycles. The van der Waals surface area contributed by atoms with Gasteiger partial charge < -0.3 is 5.73 Å². The van der Waals surface area contributed by atoms with Crippen LogP contribution < -0.4 is 5.73 Å². The van der Waals surface area contributed by atoms with Crippen LogP contribution in [0.15, 0.2) is 21.7 Å². The van der Waals surface area contributed by atoms with Crippen LogP contribution in [0, 0.1) is 11.8 Å². The van der Waals surface area contributed by atoms with Crippen LogP contribution in [0.4, 0.5) is 0 Å². The monoisotopic (exact) mass is 241 g/mol. The van der Waals surface area contributed by atoms with Crippen LogP contribution in [0.25, 0.3) is 0 Å². The van der Waals surface area contributed by atoms with Crippen LogP contribution in [-0.2, 0) is 0 Å². The molecule has 2 N–H and O–H groups in total. The number of hydrogen-bond acceptors (Lipinski definition) is 3. The number of nitrogens with two attached hydrogens (primary N) is 1. The van der Waals surface area contributed by atoms with Gasteiger partial charge in [0, 0.05) is 5.25 Å². The third-order valence-corrected chi connectivity index (χ3v) is 5.74. The Labute approximate surface area is 100 Å². The highest BCUT2D eigenvalue weighted by Gasteiger charge is 2.28. The second-order valence-corrected chi connectivity index (χ2v) is 6.99. The van der Waals surface area contributed by atoms with Gasteiger partial charge in [0.25, 0.3) is 0 Å². The molecule has 0 bridgehead atoms. The van der Waals surface area contributed by atoms with Gasteiger partial charge in [-0.3, -0.25) is 0 Å². The lowest BCUT2D eigenvalue weighted by Crippen LogP contribution is -2.31. The highest BCUT2D eigenvalue weighted by Crippen LogP contribution is 2.40. The van der Waals surface area contributed by atoms with E-state index in [4.69, 9.17) is 5.73 Å². The Morgan fingerprint density at radius 3 is 3.07 bits per heavy atom. The first-order chi connectivity index (χ1) is 7.29. The first-order valence-corrected chi connectivity index (χ1v) is 7.45. The summed E-state index contributed by atoms with van der Waals surface area (Å²) in [6.07, 6.45) is 4.02. The van der Waals surface area contributed by atoms with E-state index in [1.54, 1.807) is 0 Å². The Morgan fingerprint density at radius 1 is 1.53 bits per heavy atom. The fourth-order valence-corrected chi connectivity index (χ4v) is 4.81. The third-order valence-electron chi connectivity index (χ3n) is 3.26. The highest BCUT2D eigenvalue weighted by molar-refractivity contribution is 8.01. The minimum atomic E-state index is 0.730. The van der Waals surface area contributed by atoms with Crippen LogP contribution in [0.3, 0.4) is 0 Å². The summed E-state index contributed by atoms with van der Waals surface area (Å²) in [5.41, 5.74) is 5.86. The van der Waals surface area contributed by atoms with Crippen molar-refractivity contribution in [3.63, 3.8) is 0 Å². The Kier molecular flexibility index (Phi) is 4.12. The highest BCUT2D eigenvalue weighted by atomic mass is 32.2. The van der Waals surface area contributed by atoms with Crippen LogP contribution >= 0.6 is 23.1 Å². The SMILES string of the molecule is CC1CCC(CN)C(Sc2cccs2)C1. The molecule has 84 valence electrons. The van der Waals surface area contributed by atoms with Crippen molar-refractivity contribution < 1.29 is 0 Å². The number of hydrogen-bond donors (Lipinski definition) is 1. The van der Waals surface area contributed by atoms with Gasteiger partial charge in [-0.05, 0) is 42.7 Å². The molecular formula is C12H19NS2. The molecule has 0 saturated heterocycles. The van der Waals surface area contributed by atoms with Crippen molar-refractivity contribution in [2.24, 2.45) is 17.6 Å². The van der Waals surface area contributed by atoms with Crippen molar-refractivity contribution in [3.05, 3.63) is 17.5 Å². The molecule has 3 unspecified atom stereocenters.